The number of nitrogens with one attached hydrogen (secondary N) is 2. The molecule has 150 valence electrons. The van der Waals surface area contributed by atoms with E-state index in [-0.39, 0.29) is 24.0 Å². The summed E-state index contributed by atoms with van der Waals surface area (Å²) in [6.07, 6.45) is 6.87. The van der Waals surface area contributed by atoms with Crippen LogP contribution in [0.1, 0.15) is 62.6 Å². The van der Waals surface area contributed by atoms with Gasteiger partial charge in [0.15, 0.2) is 5.96 Å². The zero-order valence-corrected chi connectivity index (χ0v) is 20.1. The molecular formula is C19H36IN5S. The summed E-state index contributed by atoms with van der Waals surface area (Å²) in [7, 11) is 6.22. The number of rotatable bonds is 7. The molecule has 1 heterocycles. The number of likely N-dealkylation sites (N-methyl/N-ethyl adjacent to an activating group) is 1. The van der Waals surface area contributed by atoms with E-state index in [0.29, 0.717) is 12.0 Å². The number of hydrogen-bond donors (Lipinski definition) is 2. The zero-order chi connectivity index (χ0) is 18.2. The minimum atomic E-state index is 0. The molecule has 1 saturated carbocycles. The van der Waals surface area contributed by atoms with Crippen LogP contribution in [0.4, 0.5) is 0 Å². The minimum absolute atomic E-state index is 0. The molecule has 2 N–H and O–H groups in total. The molecule has 26 heavy (non-hydrogen) atoms. The Kier molecular flexibility index (Phi) is 11.0. The molecule has 0 amide bonds. The van der Waals surface area contributed by atoms with E-state index < -0.39 is 0 Å². The number of halogens is 1. The molecule has 0 radical (unpaired) electrons. The van der Waals surface area contributed by atoms with Crippen molar-refractivity contribution < 1.29 is 0 Å². The van der Waals surface area contributed by atoms with Gasteiger partial charge in [-0.15, -0.1) is 35.3 Å². The fourth-order valence-electron chi connectivity index (χ4n) is 3.54. The molecule has 1 aliphatic rings. The first kappa shape index (κ1) is 23.6. The fourth-order valence-corrected chi connectivity index (χ4v) is 4.44. The van der Waals surface area contributed by atoms with E-state index in [1.807, 2.05) is 7.05 Å². The Morgan fingerprint density at radius 3 is 2.50 bits per heavy atom. The first-order valence-electron chi connectivity index (χ1n) is 9.56. The van der Waals surface area contributed by atoms with Gasteiger partial charge in [-0.1, -0.05) is 33.1 Å². The molecule has 0 aromatic carbocycles. The number of aliphatic imine (C=N–C) groups is 1. The van der Waals surface area contributed by atoms with Crippen LogP contribution >= 0.6 is 35.3 Å². The summed E-state index contributed by atoms with van der Waals surface area (Å²) in [4.78, 5) is 11.4. The SMILES string of the molecule is CN=C(NCc1nc(C(C)C)cs1)NCC(C1CCCCC1)N(C)C.I. The highest BCUT2D eigenvalue weighted by atomic mass is 127. The lowest BCUT2D eigenvalue weighted by Gasteiger charge is -2.35. The second-order valence-corrected chi connectivity index (χ2v) is 8.50. The van der Waals surface area contributed by atoms with Crippen LogP contribution in [-0.2, 0) is 6.54 Å². The molecule has 2 rings (SSSR count). The topological polar surface area (TPSA) is 52.6 Å². The van der Waals surface area contributed by atoms with Crippen LogP contribution in [0, 0.1) is 5.92 Å². The summed E-state index contributed by atoms with van der Waals surface area (Å²) in [5.74, 6) is 2.14. The summed E-state index contributed by atoms with van der Waals surface area (Å²) < 4.78 is 0. The van der Waals surface area contributed by atoms with Gasteiger partial charge in [-0.3, -0.25) is 4.99 Å². The van der Waals surface area contributed by atoms with Crippen LogP contribution < -0.4 is 10.6 Å². The molecule has 0 saturated heterocycles. The van der Waals surface area contributed by atoms with Crippen molar-refractivity contribution in [1.29, 1.82) is 0 Å². The number of thiazole rings is 1. The zero-order valence-electron chi connectivity index (χ0n) is 16.9. The molecule has 5 nitrogen and oxygen atoms in total. The molecule has 1 aliphatic carbocycles. The average Bonchev–Trinajstić information content (AvgIpc) is 3.08. The maximum absolute atomic E-state index is 4.68. The third-order valence-corrected chi connectivity index (χ3v) is 5.99. The molecule has 0 spiro atoms. The van der Waals surface area contributed by atoms with Crippen LogP contribution in [0.3, 0.4) is 0 Å². The van der Waals surface area contributed by atoms with Gasteiger partial charge in [0.2, 0.25) is 0 Å². The summed E-state index contributed by atoms with van der Waals surface area (Å²) in [6.45, 7) is 6.03. The van der Waals surface area contributed by atoms with Crippen molar-refractivity contribution in [3.8, 4) is 0 Å². The van der Waals surface area contributed by atoms with Crippen LogP contribution in [0.25, 0.3) is 0 Å². The molecule has 1 unspecified atom stereocenters. The third kappa shape index (κ3) is 7.31. The van der Waals surface area contributed by atoms with Crippen LogP contribution in [0.5, 0.6) is 0 Å². The lowest BCUT2D eigenvalue weighted by atomic mass is 9.83. The van der Waals surface area contributed by atoms with E-state index in [1.165, 1.54) is 37.8 Å². The first-order valence-corrected chi connectivity index (χ1v) is 10.4. The van der Waals surface area contributed by atoms with Gasteiger partial charge in [-0.05, 0) is 38.8 Å². The highest BCUT2D eigenvalue weighted by Crippen LogP contribution is 2.28. The largest absolute Gasteiger partial charge is 0.355 e. The lowest BCUT2D eigenvalue weighted by Crippen LogP contribution is -2.48. The molecule has 0 bridgehead atoms. The predicted octanol–water partition coefficient (Wildman–Crippen LogP) is 4.06. The van der Waals surface area contributed by atoms with Crippen molar-refractivity contribution in [2.24, 2.45) is 10.9 Å². The quantitative estimate of drug-likeness (QED) is 0.342. The first-order chi connectivity index (χ1) is 12.0. The summed E-state index contributed by atoms with van der Waals surface area (Å²) in [6, 6.07) is 0.561. The fraction of sp³-hybridized carbons (Fsp3) is 0.789. The number of guanidine groups is 1. The van der Waals surface area contributed by atoms with Crippen molar-refractivity contribution in [3.05, 3.63) is 16.1 Å². The highest BCUT2D eigenvalue weighted by Gasteiger charge is 2.25. The molecule has 1 aromatic heterocycles. The lowest BCUT2D eigenvalue weighted by molar-refractivity contribution is 0.171. The van der Waals surface area contributed by atoms with Crippen LogP contribution in [0.15, 0.2) is 10.4 Å². The average molecular weight is 494 g/mol. The Hall–Kier alpha value is -0.410. The molecule has 0 aliphatic heterocycles. The van der Waals surface area contributed by atoms with Gasteiger partial charge in [0.05, 0.1) is 12.2 Å². The van der Waals surface area contributed by atoms with Gasteiger partial charge in [-0.2, -0.15) is 0 Å². The Morgan fingerprint density at radius 1 is 1.27 bits per heavy atom. The maximum Gasteiger partial charge on any atom is 0.191 e. The van der Waals surface area contributed by atoms with Gasteiger partial charge in [0.1, 0.15) is 5.01 Å². The van der Waals surface area contributed by atoms with Crippen LogP contribution in [-0.4, -0.2) is 49.6 Å². The second kappa shape index (κ2) is 12.1. The Labute approximate surface area is 180 Å². The van der Waals surface area contributed by atoms with E-state index >= 15 is 0 Å². The monoisotopic (exact) mass is 493 g/mol. The van der Waals surface area contributed by atoms with E-state index in [2.05, 4.69) is 58.8 Å². The number of hydrogen-bond acceptors (Lipinski definition) is 4. The van der Waals surface area contributed by atoms with E-state index in [4.69, 9.17) is 0 Å². The van der Waals surface area contributed by atoms with Crippen molar-refractivity contribution >= 4 is 41.3 Å². The molecule has 1 fully saturated rings. The third-order valence-electron chi connectivity index (χ3n) is 5.13. The van der Waals surface area contributed by atoms with Gasteiger partial charge >= 0.3 is 0 Å². The van der Waals surface area contributed by atoms with Gasteiger partial charge < -0.3 is 15.5 Å². The second-order valence-electron chi connectivity index (χ2n) is 7.56. The number of nitrogens with zero attached hydrogens (tertiary/aromatic N) is 3. The van der Waals surface area contributed by atoms with E-state index in [0.717, 1.165) is 30.0 Å². The van der Waals surface area contributed by atoms with E-state index in [1.54, 1.807) is 11.3 Å². The van der Waals surface area contributed by atoms with Crippen molar-refractivity contribution in [3.63, 3.8) is 0 Å². The summed E-state index contributed by atoms with van der Waals surface area (Å²) in [5, 5.41) is 10.2. The summed E-state index contributed by atoms with van der Waals surface area (Å²) in [5.41, 5.74) is 1.18. The van der Waals surface area contributed by atoms with Crippen molar-refractivity contribution in [2.75, 3.05) is 27.7 Å². The highest BCUT2D eigenvalue weighted by molar-refractivity contribution is 14.0. The molecule has 7 heteroatoms. The van der Waals surface area contributed by atoms with Gasteiger partial charge in [0.25, 0.3) is 0 Å². The molecular weight excluding hydrogens is 457 g/mol. The minimum Gasteiger partial charge on any atom is -0.355 e. The maximum atomic E-state index is 4.68. The normalized spacial score (nSPS) is 17.3. The Balaban J connectivity index is 0.00000338. The van der Waals surface area contributed by atoms with Gasteiger partial charge in [-0.25, -0.2) is 4.98 Å². The van der Waals surface area contributed by atoms with E-state index in [9.17, 15) is 0 Å². The molecule has 1 aromatic rings. The standard InChI is InChI=1S/C19H35N5S.HI/c1-14(2)16-13-25-18(23-16)12-22-19(20-3)21-11-17(24(4)5)15-9-7-6-8-10-15;/h13-15,17H,6-12H2,1-5H3,(H2,20,21,22);1H. The number of aromatic nitrogens is 1. The Morgan fingerprint density at radius 2 is 1.96 bits per heavy atom. The molecule has 1 atom stereocenters. The summed E-state index contributed by atoms with van der Waals surface area (Å²) >= 11 is 1.72. The smallest absolute Gasteiger partial charge is 0.191 e. The Bertz CT molecular complexity index is 538. The predicted molar refractivity (Wildman–Crippen MR) is 124 cm³/mol. The van der Waals surface area contributed by atoms with Crippen molar-refractivity contribution in [1.82, 2.24) is 20.5 Å². The van der Waals surface area contributed by atoms with Crippen LogP contribution in [0.2, 0.25) is 0 Å². The van der Waals surface area contributed by atoms with Crippen molar-refractivity contribution in [2.45, 2.75) is 64.5 Å². The van der Waals surface area contributed by atoms with Gasteiger partial charge in [0, 0.05) is 25.0 Å².